The van der Waals surface area contributed by atoms with Crippen LogP contribution in [0.25, 0.3) is 0 Å². The summed E-state index contributed by atoms with van der Waals surface area (Å²) in [7, 11) is 2.03. The van der Waals surface area contributed by atoms with Crippen LogP contribution in [0.2, 0.25) is 0 Å². The first kappa shape index (κ1) is 16.4. The summed E-state index contributed by atoms with van der Waals surface area (Å²) >= 11 is 0. The topological polar surface area (TPSA) is 47.6 Å². The Hall–Kier alpha value is -0.650. The van der Waals surface area contributed by atoms with Gasteiger partial charge in [-0.15, -0.1) is 0 Å². The van der Waals surface area contributed by atoms with Crippen LogP contribution in [0, 0.1) is 5.92 Å². The van der Waals surface area contributed by atoms with Crippen LogP contribution in [0.1, 0.15) is 20.8 Å². The summed E-state index contributed by atoms with van der Waals surface area (Å²) in [6.45, 7) is 13.3. The minimum absolute atomic E-state index is 0.0540. The Morgan fingerprint density at radius 3 is 2.53 bits per heavy atom. The molecule has 1 heterocycles. The van der Waals surface area contributed by atoms with Gasteiger partial charge in [-0.2, -0.15) is 0 Å². The lowest BCUT2D eigenvalue weighted by Crippen LogP contribution is -2.49. The minimum atomic E-state index is -0.0540. The normalized spacial score (nSPS) is 18.8. The molecule has 1 fully saturated rings. The molecular formula is C14H30N4O. The number of nitrogens with zero attached hydrogens (tertiary/aromatic N) is 2. The molecule has 0 bridgehead atoms. The molecule has 0 spiro atoms. The van der Waals surface area contributed by atoms with Crippen molar-refractivity contribution in [2.45, 2.75) is 26.8 Å². The quantitative estimate of drug-likeness (QED) is 0.683. The summed E-state index contributed by atoms with van der Waals surface area (Å²) in [5.41, 5.74) is 0. The van der Waals surface area contributed by atoms with Gasteiger partial charge in [-0.05, 0) is 19.9 Å². The lowest BCUT2D eigenvalue weighted by Gasteiger charge is -2.30. The summed E-state index contributed by atoms with van der Waals surface area (Å²) in [5, 5.41) is 6.35. The van der Waals surface area contributed by atoms with Crippen molar-refractivity contribution < 1.29 is 4.79 Å². The molecule has 0 saturated carbocycles. The average molecular weight is 270 g/mol. The average Bonchev–Trinajstić information content (AvgIpc) is 2.42. The monoisotopic (exact) mass is 270 g/mol. The van der Waals surface area contributed by atoms with Crippen LogP contribution < -0.4 is 10.6 Å². The zero-order valence-electron chi connectivity index (χ0n) is 12.9. The van der Waals surface area contributed by atoms with E-state index in [2.05, 4.69) is 34.3 Å². The van der Waals surface area contributed by atoms with E-state index in [4.69, 9.17) is 0 Å². The lowest BCUT2D eigenvalue weighted by atomic mass is 10.2. The molecule has 0 aromatic carbocycles. The van der Waals surface area contributed by atoms with Gasteiger partial charge in [-0.25, -0.2) is 0 Å². The first-order valence-corrected chi connectivity index (χ1v) is 7.41. The predicted molar refractivity (Wildman–Crippen MR) is 79.2 cm³/mol. The van der Waals surface area contributed by atoms with Gasteiger partial charge in [0.15, 0.2) is 0 Å². The highest BCUT2D eigenvalue weighted by atomic mass is 16.2. The summed E-state index contributed by atoms with van der Waals surface area (Å²) in [4.78, 5) is 16.6. The SMILES string of the molecule is CC(C)CNC(=O)C(C)N(C)CCN1CCNCC1. The molecule has 0 aromatic heterocycles. The Bertz CT molecular complexity index is 264. The maximum atomic E-state index is 12.0. The smallest absolute Gasteiger partial charge is 0.237 e. The van der Waals surface area contributed by atoms with Crippen LogP contribution in [0.15, 0.2) is 0 Å². The highest BCUT2D eigenvalue weighted by Crippen LogP contribution is 1.99. The second-order valence-corrected chi connectivity index (χ2v) is 5.89. The fourth-order valence-corrected chi connectivity index (χ4v) is 2.08. The molecule has 0 aromatic rings. The van der Waals surface area contributed by atoms with Gasteiger partial charge < -0.3 is 10.6 Å². The Balaban J connectivity index is 2.22. The van der Waals surface area contributed by atoms with E-state index in [1.54, 1.807) is 0 Å². The Morgan fingerprint density at radius 1 is 1.32 bits per heavy atom. The molecule has 1 atom stereocenters. The van der Waals surface area contributed by atoms with Crippen molar-refractivity contribution in [3.8, 4) is 0 Å². The number of hydrogen-bond donors (Lipinski definition) is 2. The largest absolute Gasteiger partial charge is 0.354 e. The molecular weight excluding hydrogens is 240 g/mol. The van der Waals surface area contributed by atoms with Crippen LogP contribution in [-0.2, 0) is 4.79 Å². The Morgan fingerprint density at radius 2 is 1.95 bits per heavy atom. The summed E-state index contributed by atoms with van der Waals surface area (Å²) in [5.74, 6) is 0.638. The van der Waals surface area contributed by atoms with Gasteiger partial charge in [0, 0.05) is 45.8 Å². The first-order valence-electron chi connectivity index (χ1n) is 7.41. The fourth-order valence-electron chi connectivity index (χ4n) is 2.08. The van der Waals surface area contributed by atoms with Crippen molar-refractivity contribution in [2.24, 2.45) is 5.92 Å². The number of piperazine rings is 1. The standard InChI is InChI=1S/C14H30N4O/c1-12(2)11-16-14(19)13(3)17(4)9-10-18-7-5-15-6-8-18/h12-13,15H,5-11H2,1-4H3,(H,16,19). The van der Waals surface area contributed by atoms with E-state index in [9.17, 15) is 4.79 Å². The summed E-state index contributed by atoms with van der Waals surface area (Å²) in [6.07, 6.45) is 0. The van der Waals surface area contributed by atoms with Crippen LogP contribution in [-0.4, -0.2) is 74.6 Å². The number of carbonyl (C=O) groups excluding carboxylic acids is 1. The van der Waals surface area contributed by atoms with Gasteiger partial charge in [0.05, 0.1) is 6.04 Å². The second kappa shape index (κ2) is 8.51. The van der Waals surface area contributed by atoms with Gasteiger partial charge in [-0.1, -0.05) is 13.8 Å². The van der Waals surface area contributed by atoms with Gasteiger partial charge >= 0.3 is 0 Å². The first-order chi connectivity index (χ1) is 9.00. The Kier molecular flexibility index (Phi) is 7.34. The molecule has 1 rings (SSSR count). The number of rotatable bonds is 7. The van der Waals surface area contributed by atoms with Crippen LogP contribution in [0.3, 0.4) is 0 Å². The van der Waals surface area contributed by atoms with Crippen LogP contribution >= 0.6 is 0 Å². The molecule has 0 radical (unpaired) electrons. The predicted octanol–water partition coefficient (Wildman–Crippen LogP) is -0.0159. The number of amides is 1. The molecule has 1 aliphatic heterocycles. The van der Waals surface area contributed by atoms with E-state index in [-0.39, 0.29) is 11.9 Å². The van der Waals surface area contributed by atoms with Crippen LogP contribution in [0.5, 0.6) is 0 Å². The van der Waals surface area contributed by atoms with E-state index in [0.29, 0.717) is 5.92 Å². The van der Waals surface area contributed by atoms with E-state index in [1.807, 2.05) is 14.0 Å². The van der Waals surface area contributed by atoms with E-state index >= 15 is 0 Å². The molecule has 2 N–H and O–H groups in total. The zero-order valence-corrected chi connectivity index (χ0v) is 12.9. The lowest BCUT2D eigenvalue weighted by molar-refractivity contribution is -0.125. The van der Waals surface area contributed by atoms with Crippen LogP contribution in [0.4, 0.5) is 0 Å². The van der Waals surface area contributed by atoms with Gasteiger partial charge in [0.25, 0.3) is 0 Å². The number of carbonyl (C=O) groups is 1. The fraction of sp³-hybridized carbons (Fsp3) is 0.929. The minimum Gasteiger partial charge on any atom is -0.354 e. The van der Waals surface area contributed by atoms with Crippen molar-refractivity contribution >= 4 is 5.91 Å². The molecule has 5 nitrogen and oxygen atoms in total. The third-order valence-corrected chi connectivity index (χ3v) is 3.70. The van der Waals surface area contributed by atoms with Gasteiger partial charge in [-0.3, -0.25) is 14.6 Å². The number of nitrogens with one attached hydrogen (secondary N) is 2. The summed E-state index contributed by atoms with van der Waals surface area (Å²) in [6, 6.07) is -0.0540. The van der Waals surface area contributed by atoms with E-state index < -0.39 is 0 Å². The van der Waals surface area contributed by atoms with Crippen molar-refractivity contribution in [2.75, 3.05) is 52.9 Å². The van der Waals surface area contributed by atoms with Crippen molar-refractivity contribution in [1.29, 1.82) is 0 Å². The molecule has 5 heteroatoms. The van der Waals surface area contributed by atoms with E-state index in [1.165, 1.54) is 0 Å². The summed E-state index contributed by atoms with van der Waals surface area (Å²) < 4.78 is 0. The maximum absolute atomic E-state index is 12.0. The molecule has 1 saturated heterocycles. The van der Waals surface area contributed by atoms with Crippen molar-refractivity contribution in [3.05, 3.63) is 0 Å². The molecule has 1 aliphatic rings. The Labute approximate surface area is 117 Å². The molecule has 1 amide bonds. The molecule has 112 valence electrons. The molecule has 0 aliphatic carbocycles. The second-order valence-electron chi connectivity index (χ2n) is 5.89. The van der Waals surface area contributed by atoms with Gasteiger partial charge in [0.1, 0.15) is 0 Å². The zero-order chi connectivity index (χ0) is 14.3. The maximum Gasteiger partial charge on any atom is 0.237 e. The highest BCUT2D eigenvalue weighted by Gasteiger charge is 2.18. The third kappa shape index (κ3) is 6.36. The highest BCUT2D eigenvalue weighted by molar-refractivity contribution is 5.81. The number of hydrogen-bond acceptors (Lipinski definition) is 4. The van der Waals surface area contributed by atoms with E-state index in [0.717, 1.165) is 45.8 Å². The van der Waals surface area contributed by atoms with Crippen molar-refractivity contribution in [3.63, 3.8) is 0 Å². The molecule has 1 unspecified atom stereocenters. The molecule has 19 heavy (non-hydrogen) atoms. The van der Waals surface area contributed by atoms with Gasteiger partial charge in [0.2, 0.25) is 5.91 Å². The number of likely N-dealkylation sites (N-methyl/N-ethyl adjacent to an activating group) is 1. The third-order valence-electron chi connectivity index (χ3n) is 3.70. The van der Waals surface area contributed by atoms with Crippen molar-refractivity contribution in [1.82, 2.24) is 20.4 Å².